The van der Waals surface area contributed by atoms with Gasteiger partial charge in [-0.25, -0.2) is 4.79 Å². The Hall–Kier alpha value is -1.56. The minimum atomic E-state index is -0.946. The maximum atomic E-state index is 12.4. The highest BCUT2D eigenvalue weighted by Crippen LogP contribution is 2.24. The van der Waals surface area contributed by atoms with Crippen molar-refractivity contribution in [1.29, 1.82) is 0 Å². The van der Waals surface area contributed by atoms with Crippen LogP contribution in [-0.2, 0) is 4.79 Å². The number of anilines is 1. The lowest BCUT2D eigenvalue weighted by molar-refractivity contribution is -0.143. The molecule has 1 aromatic rings. The number of carboxylic acid groups (broad SMARTS) is 1. The molecule has 1 fully saturated rings. The van der Waals surface area contributed by atoms with Gasteiger partial charge in [0.2, 0.25) is 0 Å². The molecule has 1 heterocycles. The van der Waals surface area contributed by atoms with Gasteiger partial charge in [-0.1, -0.05) is 0 Å². The van der Waals surface area contributed by atoms with Crippen molar-refractivity contribution in [3.63, 3.8) is 0 Å². The van der Waals surface area contributed by atoms with Gasteiger partial charge in [-0.2, -0.15) is 0 Å². The zero-order valence-electron chi connectivity index (χ0n) is 10.3. The molecule has 0 saturated carbocycles. The Labute approximate surface area is 119 Å². The molecule has 1 saturated heterocycles. The summed E-state index contributed by atoms with van der Waals surface area (Å²) >= 11 is 3.27. The Morgan fingerprint density at radius 3 is 2.74 bits per heavy atom. The van der Waals surface area contributed by atoms with Crippen LogP contribution in [0.5, 0.6) is 0 Å². The summed E-state index contributed by atoms with van der Waals surface area (Å²) in [5, 5.41) is 9.18. The van der Waals surface area contributed by atoms with E-state index in [9.17, 15) is 14.7 Å². The summed E-state index contributed by atoms with van der Waals surface area (Å²) < 4.78 is 0.720. The molecule has 0 bridgehead atoms. The Kier molecular flexibility index (Phi) is 4.09. The average Bonchev–Trinajstić information content (AvgIpc) is 2.41. The number of nitrogens with two attached hydrogens (primary N) is 1. The standard InChI is InChI=1S/C13H15BrN2O3/c14-9-5-4-8(7-10(9)15)12(17)16-6-2-1-3-11(16)13(18)19/h4-5,7,11H,1-3,6,15H2,(H,18,19)/t11-/m1/s1. The van der Waals surface area contributed by atoms with Gasteiger partial charge in [0.15, 0.2) is 0 Å². The first-order valence-corrected chi connectivity index (χ1v) is 6.89. The van der Waals surface area contributed by atoms with Crippen molar-refractivity contribution in [3.05, 3.63) is 28.2 Å². The second-order valence-corrected chi connectivity index (χ2v) is 5.44. The van der Waals surface area contributed by atoms with Gasteiger partial charge in [0.05, 0.1) is 0 Å². The molecule has 102 valence electrons. The predicted molar refractivity (Wildman–Crippen MR) is 74.9 cm³/mol. The van der Waals surface area contributed by atoms with E-state index in [-0.39, 0.29) is 5.91 Å². The fraction of sp³-hybridized carbons (Fsp3) is 0.385. The summed E-state index contributed by atoms with van der Waals surface area (Å²) in [7, 11) is 0. The molecule has 5 nitrogen and oxygen atoms in total. The SMILES string of the molecule is Nc1cc(C(=O)N2CCCC[C@@H]2C(=O)O)ccc1Br. The summed E-state index contributed by atoms with van der Waals surface area (Å²) in [4.78, 5) is 25.0. The maximum Gasteiger partial charge on any atom is 0.326 e. The Bertz CT molecular complexity index is 519. The maximum absolute atomic E-state index is 12.4. The molecule has 0 radical (unpaired) electrons. The van der Waals surface area contributed by atoms with E-state index in [0.29, 0.717) is 24.2 Å². The lowest BCUT2D eigenvalue weighted by atomic mass is 10.0. The molecule has 2 rings (SSSR count). The number of benzene rings is 1. The van der Waals surface area contributed by atoms with Crippen LogP contribution in [0, 0.1) is 0 Å². The smallest absolute Gasteiger partial charge is 0.326 e. The van der Waals surface area contributed by atoms with E-state index in [1.165, 1.54) is 4.90 Å². The number of nitrogen functional groups attached to an aromatic ring is 1. The van der Waals surface area contributed by atoms with E-state index in [1.54, 1.807) is 18.2 Å². The summed E-state index contributed by atoms with van der Waals surface area (Å²) in [6.07, 6.45) is 2.18. The zero-order chi connectivity index (χ0) is 14.0. The normalized spacial score (nSPS) is 19.2. The lowest BCUT2D eigenvalue weighted by Crippen LogP contribution is -2.48. The molecule has 1 aliphatic rings. The quantitative estimate of drug-likeness (QED) is 0.815. The van der Waals surface area contributed by atoms with Crippen LogP contribution in [0.1, 0.15) is 29.6 Å². The largest absolute Gasteiger partial charge is 0.480 e. The van der Waals surface area contributed by atoms with Gasteiger partial charge < -0.3 is 15.7 Å². The monoisotopic (exact) mass is 326 g/mol. The summed E-state index contributed by atoms with van der Waals surface area (Å²) in [6.45, 7) is 0.478. The second kappa shape index (κ2) is 5.61. The van der Waals surface area contributed by atoms with E-state index in [4.69, 9.17) is 5.73 Å². The highest BCUT2D eigenvalue weighted by atomic mass is 79.9. The van der Waals surface area contributed by atoms with Gasteiger partial charge in [-0.05, 0) is 53.4 Å². The van der Waals surface area contributed by atoms with Crippen LogP contribution >= 0.6 is 15.9 Å². The Morgan fingerprint density at radius 1 is 1.37 bits per heavy atom. The van der Waals surface area contributed by atoms with E-state index in [0.717, 1.165) is 17.3 Å². The van der Waals surface area contributed by atoms with Gasteiger partial charge in [-0.15, -0.1) is 0 Å². The number of carbonyl (C=O) groups excluding carboxylic acids is 1. The number of amides is 1. The van der Waals surface area contributed by atoms with Crippen LogP contribution < -0.4 is 5.73 Å². The molecular weight excluding hydrogens is 312 g/mol. The van der Waals surface area contributed by atoms with Crippen molar-refractivity contribution in [2.45, 2.75) is 25.3 Å². The van der Waals surface area contributed by atoms with Gasteiger partial charge in [0, 0.05) is 22.3 Å². The minimum absolute atomic E-state index is 0.272. The minimum Gasteiger partial charge on any atom is -0.480 e. The zero-order valence-corrected chi connectivity index (χ0v) is 11.9. The third-order valence-electron chi connectivity index (χ3n) is 3.29. The second-order valence-electron chi connectivity index (χ2n) is 4.58. The van der Waals surface area contributed by atoms with E-state index >= 15 is 0 Å². The molecule has 0 aromatic heterocycles. The number of carbonyl (C=O) groups is 2. The van der Waals surface area contributed by atoms with Crippen molar-refractivity contribution in [2.24, 2.45) is 0 Å². The molecule has 1 aliphatic heterocycles. The molecule has 1 atom stereocenters. The average molecular weight is 327 g/mol. The van der Waals surface area contributed by atoms with Crippen molar-refractivity contribution in [2.75, 3.05) is 12.3 Å². The molecule has 0 spiro atoms. The van der Waals surface area contributed by atoms with Gasteiger partial charge >= 0.3 is 5.97 Å². The van der Waals surface area contributed by atoms with Crippen molar-refractivity contribution >= 4 is 33.5 Å². The number of carboxylic acids is 1. The number of halogens is 1. The first kappa shape index (κ1) is 13.9. The number of likely N-dealkylation sites (tertiary alicyclic amines) is 1. The fourth-order valence-corrected chi connectivity index (χ4v) is 2.52. The first-order valence-electron chi connectivity index (χ1n) is 6.09. The molecule has 1 amide bonds. The van der Waals surface area contributed by atoms with Crippen LogP contribution in [0.25, 0.3) is 0 Å². The number of hydrogen-bond acceptors (Lipinski definition) is 3. The molecular formula is C13H15BrN2O3. The van der Waals surface area contributed by atoms with Gasteiger partial charge in [0.1, 0.15) is 6.04 Å². The molecule has 6 heteroatoms. The highest BCUT2D eigenvalue weighted by molar-refractivity contribution is 9.10. The molecule has 0 unspecified atom stereocenters. The van der Waals surface area contributed by atoms with Crippen LogP contribution in [-0.4, -0.2) is 34.5 Å². The van der Waals surface area contributed by atoms with Crippen LogP contribution in [0.2, 0.25) is 0 Å². The summed E-state index contributed by atoms with van der Waals surface area (Å²) in [5.41, 5.74) is 6.64. The van der Waals surface area contributed by atoms with Crippen molar-refractivity contribution in [1.82, 2.24) is 4.90 Å². The van der Waals surface area contributed by atoms with Crippen molar-refractivity contribution in [3.8, 4) is 0 Å². The van der Waals surface area contributed by atoms with E-state index in [2.05, 4.69) is 15.9 Å². The lowest BCUT2D eigenvalue weighted by Gasteiger charge is -2.33. The van der Waals surface area contributed by atoms with E-state index < -0.39 is 12.0 Å². The predicted octanol–water partition coefficient (Wildman–Crippen LogP) is 2.11. The first-order chi connectivity index (χ1) is 9.00. The van der Waals surface area contributed by atoms with Crippen molar-refractivity contribution < 1.29 is 14.7 Å². The topological polar surface area (TPSA) is 83.6 Å². The summed E-state index contributed by atoms with van der Waals surface area (Å²) in [6, 6.07) is 4.18. The number of hydrogen-bond donors (Lipinski definition) is 2. The summed E-state index contributed by atoms with van der Waals surface area (Å²) in [5.74, 6) is -1.22. The molecule has 19 heavy (non-hydrogen) atoms. The third-order valence-corrected chi connectivity index (χ3v) is 4.01. The molecule has 3 N–H and O–H groups in total. The number of aliphatic carboxylic acids is 1. The third kappa shape index (κ3) is 2.89. The Balaban J connectivity index is 2.26. The van der Waals surface area contributed by atoms with Gasteiger partial charge in [0.25, 0.3) is 5.91 Å². The highest BCUT2D eigenvalue weighted by Gasteiger charge is 2.32. The van der Waals surface area contributed by atoms with E-state index in [1.807, 2.05) is 0 Å². The van der Waals surface area contributed by atoms with Crippen LogP contribution in [0.15, 0.2) is 22.7 Å². The molecule has 0 aliphatic carbocycles. The van der Waals surface area contributed by atoms with Crippen LogP contribution in [0.4, 0.5) is 5.69 Å². The molecule has 1 aromatic carbocycles. The number of rotatable bonds is 2. The van der Waals surface area contributed by atoms with Gasteiger partial charge in [-0.3, -0.25) is 4.79 Å². The number of piperidine rings is 1. The Morgan fingerprint density at radius 2 is 2.11 bits per heavy atom. The fourth-order valence-electron chi connectivity index (χ4n) is 2.27. The van der Waals surface area contributed by atoms with Crippen LogP contribution in [0.3, 0.4) is 0 Å². The number of nitrogens with zero attached hydrogens (tertiary/aromatic N) is 1.